The van der Waals surface area contributed by atoms with Crippen LogP contribution in [0.3, 0.4) is 0 Å². The monoisotopic (exact) mass is 218 g/mol. The fraction of sp³-hybridized carbons (Fsp3) is 0.833. The summed E-state index contributed by atoms with van der Waals surface area (Å²) in [6.07, 6.45) is 0.485. The van der Waals surface area contributed by atoms with Gasteiger partial charge in [-0.15, -0.1) is 24.8 Å². The maximum absolute atomic E-state index is 10.7. The molecule has 0 heterocycles. The summed E-state index contributed by atoms with van der Waals surface area (Å²) in [5.41, 5.74) is 10.5. The molecule has 4 nitrogen and oxygen atoms in total. The molecule has 0 amide bonds. The van der Waals surface area contributed by atoms with Crippen LogP contribution in [0.15, 0.2) is 0 Å². The van der Waals surface area contributed by atoms with Gasteiger partial charge in [0, 0.05) is 0 Å². The van der Waals surface area contributed by atoms with Gasteiger partial charge in [-0.1, -0.05) is 0 Å². The van der Waals surface area contributed by atoms with Gasteiger partial charge in [0.25, 0.3) is 0 Å². The molecule has 0 aromatic rings. The fourth-order valence-electron chi connectivity index (χ4n) is 0.547. The minimum Gasteiger partial charge on any atom is -0.465 e. The quantitative estimate of drug-likeness (QED) is 0.656. The first-order chi connectivity index (χ1) is 4.72. The number of hydrogen-bond donors (Lipinski definition) is 2. The molecule has 0 aliphatic heterocycles. The van der Waals surface area contributed by atoms with Gasteiger partial charge in [-0.2, -0.15) is 0 Å². The zero-order valence-electron chi connectivity index (χ0n) is 6.99. The Kier molecular flexibility index (Phi) is 16.4. The average Bonchev–Trinajstić information content (AvgIpc) is 1.89. The van der Waals surface area contributed by atoms with Crippen molar-refractivity contribution < 1.29 is 9.53 Å². The predicted molar refractivity (Wildman–Crippen MR) is 52.8 cm³/mol. The van der Waals surface area contributed by atoms with Crippen LogP contribution in [0.2, 0.25) is 0 Å². The lowest BCUT2D eigenvalue weighted by Gasteiger charge is -2.07. The van der Waals surface area contributed by atoms with Crippen LogP contribution in [0, 0.1) is 0 Å². The summed E-state index contributed by atoms with van der Waals surface area (Å²) in [7, 11) is 0. The number of carbonyl (C=O) groups excluding carboxylic acids is 1. The lowest BCUT2D eigenvalue weighted by Crippen LogP contribution is -2.34. The van der Waals surface area contributed by atoms with E-state index in [1.165, 1.54) is 0 Å². The third kappa shape index (κ3) is 8.07. The number of esters is 1. The second-order valence-electron chi connectivity index (χ2n) is 1.94. The van der Waals surface area contributed by atoms with Crippen molar-refractivity contribution in [3.63, 3.8) is 0 Å². The van der Waals surface area contributed by atoms with Crippen LogP contribution in [-0.4, -0.2) is 25.2 Å². The van der Waals surface area contributed by atoms with Crippen molar-refractivity contribution in [1.29, 1.82) is 0 Å². The van der Waals surface area contributed by atoms with Crippen molar-refractivity contribution in [3.05, 3.63) is 0 Å². The van der Waals surface area contributed by atoms with Gasteiger partial charge in [-0.05, 0) is 19.9 Å². The van der Waals surface area contributed by atoms with E-state index < -0.39 is 6.04 Å². The standard InChI is InChI=1S/C6H14N2O2.2ClH/c1-2-10-6(9)5(8)3-4-7;;/h5H,2-4,7-8H2,1H3;2*1H. The molecular weight excluding hydrogens is 203 g/mol. The Hall–Kier alpha value is -0.0300. The molecule has 0 radical (unpaired) electrons. The Bertz CT molecular complexity index is 114. The highest BCUT2D eigenvalue weighted by atomic mass is 35.5. The van der Waals surface area contributed by atoms with Gasteiger partial charge < -0.3 is 16.2 Å². The highest BCUT2D eigenvalue weighted by molar-refractivity contribution is 5.85. The molecule has 0 aromatic carbocycles. The first-order valence-electron chi connectivity index (χ1n) is 3.34. The van der Waals surface area contributed by atoms with Crippen LogP contribution in [0.4, 0.5) is 0 Å². The zero-order chi connectivity index (χ0) is 7.98. The van der Waals surface area contributed by atoms with Crippen LogP contribution in [0.25, 0.3) is 0 Å². The van der Waals surface area contributed by atoms with E-state index in [1.54, 1.807) is 6.92 Å². The molecule has 0 aliphatic rings. The van der Waals surface area contributed by atoms with Crippen LogP contribution in [0.5, 0.6) is 0 Å². The van der Waals surface area contributed by atoms with E-state index in [2.05, 4.69) is 4.74 Å². The Morgan fingerprint density at radius 3 is 2.33 bits per heavy atom. The van der Waals surface area contributed by atoms with Crippen molar-refractivity contribution in [3.8, 4) is 0 Å². The highest BCUT2D eigenvalue weighted by Crippen LogP contribution is 1.89. The Morgan fingerprint density at radius 2 is 2.00 bits per heavy atom. The van der Waals surface area contributed by atoms with Gasteiger partial charge in [0.2, 0.25) is 0 Å². The van der Waals surface area contributed by atoms with E-state index >= 15 is 0 Å². The maximum Gasteiger partial charge on any atom is 0.322 e. The second-order valence-corrected chi connectivity index (χ2v) is 1.94. The fourth-order valence-corrected chi connectivity index (χ4v) is 0.547. The van der Waals surface area contributed by atoms with E-state index in [9.17, 15) is 4.79 Å². The Morgan fingerprint density at radius 1 is 1.50 bits per heavy atom. The highest BCUT2D eigenvalue weighted by Gasteiger charge is 2.11. The van der Waals surface area contributed by atoms with Crippen molar-refractivity contribution in [2.24, 2.45) is 11.5 Å². The maximum atomic E-state index is 10.7. The van der Waals surface area contributed by atoms with Crippen LogP contribution in [-0.2, 0) is 9.53 Å². The molecule has 12 heavy (non-hydrogen) atoms. The smallest absolute Gasteiger partial charge is 0.322 e. The first-order valence-corrected chi connectivity index (χ1v) is 3.34. The van der Waals surface area contributed by atoms with E-state index in [4.69, 9.17) is 11.5 Å². The Balaban J connectivity index is -0.000000405. The summed E-state index contributed by atoms with van der Waals surface area (Å²) in [5.74, 6) is -0.368. The molecule has 0 saturated heterocycles. The number of ether oxygens (including phenoxy) is 1. The largest absolute Gasteiger partial charge is 0.465 e. The second kappa shape index (κ2) is 11.0. The average molecular weight is 219 g/mol. The molecule has 0 bridgehead atoms. The molecule has 4 N–H and O–H groups in total. The van der Waals surface area contributed by atoms with Gasteiger partial charge in [0.1, 0.15) is 6.04 Å². The molecule has 0 rings (SSSR count). The minimum atomic E-state index is -0.551. The number of halogens is 2. The van der Waals surface area contributed by atoms with E-state index in [0.717, 1.165) is 0 Å². The predicted octanol–water partition coefficient (Wildman–Crippen LogP) is 0.0692. The summed E-state index contributed by atoms with van der Waals surface area (Å²) >= 11 is 0. The topological polar surface area (TPSA) is 78.3 Å². The lowest BCUT2D eigenvalue weighted by molar-refractivity contribution is -0.144. The van der Waals surface area contributed by atoms with Gasteiger partial charge >= 0.3 is 5.97 Å². The number of carbonyl (C=O) groups is 1. The normalized spacial score (nSPS) is 10.6. The van der Waals surface area contributed by atoms with Gasteiger partial charge in [-0.25, -0.2) is 0 Å². The SMILES string of the molecule is CCOC(=O)C(N)CCN.Cl.Cl. The minimum absolute atomic E-state index is 0. The molecule has 0 aliphatic carbocycles. The summed E-state index contributed by atoms with van der Waals surface area (Å²) in [6, 6.07) is -0.551. The number of hydrogen-bond acceptors (Lipinski definition) is 4. The summed E-state index contributed by atoms with van der Waals surface area (Å²) in [6.45, 7) is 2.53. The molecule has 1 unspecified atom stereocenters. The van der Waals surface area contributed by atoms with Crippen molar-refractivity contribution in [2.75, 3.05) is 13.2 Å². The van der Waals surface area contributed by atoms with E-state index in [-0.39, 0.29) is 30.8 Å². The lowest BCUT2D eigenvalue weighted by atomic mass is 10.2. The first kappa shape index (κ1) is 17.9. The van der Waals surface area contributed by atoms with Crippen molar-refractivity contribution >= 4 is 30.8 Å². The van der Waals surface area contributed by atoms with Gasteiger partial charge in [-0.3, -0.25) is 4.79 Å². The number of nitrogens with two attached hydrogens (primary N) is 2. The molecule has 76 valence electrons. The van der Waals surface area contributed by atoms with Crippen molar-refractivity contribution in [1.82, 2.24) is 0 Å². The summed E-state index contributed by atoms with van der Waals surface area (Å²) < 4.78 is 4.64. The van der Waals surface area contributed by atoms with Crippen LogP contribution >= 0.6 is 24.8 Å². The molecule has 1 atom stereocenters. The molecule has 6 heteroatoms. The summed E-state index contributed by atoms with van der Waals surface area (Å²) in [5, 5.41) is 0. The zero-order valence-corrected chi connectivity index (χ0v) is 8.62. The van der Waals surface area contributed by atoms with Crippen molar-refractivity contribution in [2.45, 2.75) is 19.4 Å². The van der Waals surface area contributed by atoms with Gasteiger partial charge in [0.15, 0.2) is 0 Å². The van der Waals surface area contributed by atoms with Gasteiger partial charge in [0.05, 0.1) is 6.61 Å². The molecule has 0 aromatic heterocycles. The summed E-state index contributed by atoms with van der Waals surface area (Å²) in [4.78, 5) is 10.7. The molecule has 0 saturated carbocycles. The van der Waals surface area contributed by atoms with E-state index in [0.29, 0.717) is 19.6 Å². The molecule has 0 fully saturated rings. The van der Waals surface area contributed by atoms with Crippen LogP contribution < -0.4 is 11.5 Å². The third-order valence-corrected chi connectivity index (χ3v) is 1.07. The molecule has 0 spiro atoms. The third-order valence-electron chi connectivity index (χ3n) is 1.07. The number of rotatable bonds is 4. The van der Waals surface area contributed by atoms with Crippen LogP contribution in [0.1, 0.15) is 13.3 Å². The molecular formula is C6H16Cl2N2O2. The Labute approximate surface area is 84.8 Å². The van der Waals surface area contributed by atoms with E-state index in [1.807, 2.05) is 0 Å².